The van der Waals surface area contributed by atoms with Gasteiger partial charge in [-0.3, -0.25) is 14.9 Å². The Kier molecular flexibility index (Phi) is 6.66. The zero-order valence-electron chi connectivity index (χ0n) is 17.7. The minimum atomic E-state index is -0.303. The maximum atomic E-state index is 13.4. The Labute approximate surface area is 189 Å². The van der Waals surface area contributed by atoms with Crippen LogP contribution in [0.3, 0.4) is 0 Å². The number of furan rings is 1. The van der Waals surface area contributed by atoms with Crippen LogP contribution in [0.15, 0.2) is 46.4 Å². The molecule has 0 unspecified atom stereocenters. The molecular formula is C23H24FN3O4S. The summed E-state index contributed by atoms with van der Waals surface area (Å²) in [5.74, 6) is -0.217. The van der Waals surface area contributed by atoms with Crippen LogP contribution in [0.25, 0.3) is 0 Å². The third-order valence-electron chi connectivity index (χ3n) is 5.75. The zero-order valence-corrected chi connectivity index (χ0v) is 18.5. The van der Waals surface area contributed by atoms with E-state index in [0.717, 1.165) is 18.4 Å². The Morgan fingerprint density at radius 3 is 2.62 bits per heavy atom. The molecule has 7 nitrogen and oxygen atoms in total. The number of carbonyl (C=O) groups is 2. The van der Waals surface area contributed by atoms with Crippen LogP contribution in [-0.4, -0.2) is 36.6 Å². The van der Waals surface area contributed by atoms with Crippen LogP contribution in [0, 0.1) is 12.7 Å². The summed E-state index contributed by atoms with van der Waals surface area (Å²) in [5.41, 5.74) is 1.73. The van der Waals surface area contributed by atoms with Crippen molar-refractivity contribution in [3.63, 3.8) is 0 Å². The predicted octanol–water partition coefficient (Wildman–Crippen LogP) is 3.84. The van der Waals surface area contributed by atoms with Crippen LogP contribution in [0.1, 0.15) is 40.2 Å². The van der Waals surface area contributed by atoms with E-state index in [1.165, 1.54) is 29.7 Å². The maximum Gasteiger partial charge on any atom is 0.260 e. The van der Waals surface area contributed by atoms with Crippen molar-refractivity contribution >= 4 is 28.3 Å². The van der Waals surface area contributed by atoms with E-state index in [2.05, 4.69) is 15.6 Å². The number of nitrogens with one attached hydrogen (secondary N) is 2. The highest BCUT2D eigenvalue weighted by Crippen LogP contribution is 2.34. The van der Waals surface area contributed by atoms with Gasteiger partial charge in [0.15, 0.2) is 5.13 Å². The van der Waals surface area contributed by atoms with E-state index in [-0.39, 0.29) is 29.5 Å². The molecular weight excluding hydrogens is 433 g/mol. The molecule has 0 aliphatic carbocycles. The van der Waals surface area contributed by atoms with Gasteiger partial charge in [-0.1, -0.05) is 12.1 Å². The SMILES string of the molecule is Cc1occc1C(=O)Nc1nc(CC(=O)NCC2(c3ccc(F)cc3)CCOCC2)cs1. The van der Waals surface area contributed by atoms with Crippen molar-refractivity contribution in [3.8, 4) is 0 Å². The molecule has 0 saturated carbocycles. The number of halogens is 1. The Bertz CT molecular complexity index is 1090. The van der Waals surface area contributed by atoms with Gasteiger partial charge in [0.25, 0.3) is 5.91 Å². The quantitative estimate of drug-likeness (QED) is 0.562. The fourth-order valence-corrected chi connectivity index (χ4v) is 4.56. The van der Waals surface area contributed by atoms with Crippen LogP contribution < -0.4 is 10.6 Å². The first-order valence-electron chi connectivity index (χ1n) is 10.4. The van der Waals surface area contributed by atoms with Crippen LogP contribution in [0.4, 0.5) is 9.52 Å². The summed E-state index contributed by atoms with van der Waals surface area (Å²) >= 11 is 1.26. The number of anilines is 1. The summed E-state index contributed by atoms with van der Waals surface area (Å²) in [6.07, 6.45) is 3.06. The second-order valence-corrected chi connectivity index (χ2v) is 8.70. The Morgan fingerprint density at radius 1 is 1.19 bits per heavy atom. The van der Waals surface area contributed by atoms with E-state index < -0.39 is 0 Å². The molecule has 4 rings (SSSR count). The highest BCUT2D eigenvalue weighted by Gasteiger charge is 2.35. The summed E-state index contributed by atoms with van der Waals surface area (Å²) in [5, 5.41) is 7.91. The number of thiazole rings is 1. The zero-order chi connectivity index (χ0) is 22.6. The Balaban J connectivity index is 1.35. The summed E-state index contributed by atoms with van der Waals surface area (Å²) in [7, 11) is 0. The molecule has 3 heterocycles. The van der Waals surface area contributed by atoms with Crippen molar-refractivity contribution in [1.29, 1.82) is 0 Å². The standard InChI is InChI=1S/C23H24FN3O4S/c1-15-19(6-9-31-15)21(29)27-22-26-18(13-32-22)12-20(28)25-14-23(7-10-30-11-8-23)16-2-4-17(24)5-3-16/h2-6,9,13H,7-8,10-12,14H2,1H3,(H,25,28)(H,26,27,29). The smallest absolute Gasteiger partial charge is 0.260 e. The Morgan fingerprint density at radius 2 is 1.94 bits per heavy atom. The van der Waals surface area contributed by atoms with Gasteiger partial charge in [0, 0.05) is 30.6 Å². The molecule has 0 spiro atoms. The monoisotopic (exact) mass is 457 g/mol. The first kappa shape index (κ1) is 22.2. The average molecular weight is 458 g/mol. The molecule has 32 heavy (non-hydrogen) atoms. The maximum absolute atomic E-state index is 13.4. The van der Waals surface area contributed by atoms with Crippen LogP contribution in [0.5, 0.6) is 0 Å². The topological polar surface area (TPSA) is 93.5 Å². The van der Waals surface area contributed by atoms with Gasteiger partial charge < -0.3 is 14.5 Å². The molecule has 3 aromatic rings. The van der Waals surface area contributed by atoms with Crippen molar-refractivity contribution in [2.45, 2.75) is 31.6 Å². The van der Waals surface area contributed by atoms with Crippen molar-refractivity contribution in [1.82, 2.24) is 10.3 Å². The number of nitrogens with zero attached hydrogens (tertiary/aromatic N) is 1. The third-order valence-corrected chi connectivity index (χ3v) is 6.55. The number of hydrogen-bond donors (Lipinski definition) is 2. The summed E-state index contributed by atoms with van der Waals surface area (Å²) in [4.78, 5) is 29.2. The molecule has 1 aliphatic rings. The van der Waals surface area contributed by atoms with Crippen molar-refractivity contribution in [3.05, 3.63) is 70.4 Å². The lowest BCUT2D eigenvalue weighted by Crippen LogP contribution is -2.45. The minimum absolute atomic E-state index is 0.104. The summed E-state index contributed by atoms with van der Waals surface area (Å²) in [6, 6.07) is 8.06. The van der Waals surface area contributed by atoms with Crippen molar-refractivity contribution in [2.75, 3.05) is 25.1 Å². The minimum Gasteiger partial charge on any atom is -0.469 e. The molecule has 0 atom stereocenters. The number of amides is 2. The van der Waals surface area contributed by atoms with E-state index >= 15 is 0 Å². The lowest BCUT2D eigenvalue weighted by atomic mass is 9.74. The van der Waals surface area contributed by atoms with Crippen molar-refractivity contribution < 1.29 is 23.1 Å². The lowest BCUT2D eigenvalue weighted by Gasteiger charge is -2.38. The van der Waals surface area contributed by atoms with Gasteiger partial charge >= 0.3 is 0 Å². The molecule has 168 valence electrons. The van der Waals surface area contributed by atoms with Crippen LogP contribution in [-0.2, 0) is 21.4 Å². The van der Waals surface area contributed by atoms with Gasteiger partial charge in [0.1, 0.15) is 11.6 Å². The van der Waals surface area contributed by atoms with E-state index in [9.17, 15) is 14.0 Å². The fraction of sp³-hybridized carbons (Fsp3) is 0.348. The van der Waals surface area contributed by atoms with E-state index in [1.807, 2.05) is 0 Å². The number of hydrogen-bond acceptors (Lipinski definition) is 6. The van der Waals surface area contributed by atoms with Gasteiger partial charge in [-0.05, 0) is 43.5 Å². The largest absolute Gasteiger partial charge is 0.469 e. The third kappa shape index (κ3) is 5.05. The average Bonchev–Trinajstić information content (AvgIpc) is 3.42. The lowest BCUT2D eigenvalue weighted by molar-refractivity contribution is -0.121. The molecule has 1 saturated heterocycles. The number of aryl methyl sites for hydroxylation is 1. The number of carbonyl (C=O) groups excluding carboxylic acids is 2. The molecule has 9 heteroatoms. The molecule has 2 amide bonds. The number of aromatic nitrogens is 1. The second-order valence-electron chi connectivity index (χ2n) is 7.84. The number of benzene rings is 1. The molecule has 1 fully saturated rings. The highest BCUT2D eigenvalue weighted by atomic mass is 32.1. The van der Waals surface area contributed by atoms with Crippen LogP contribution >= 0.6 is 11.3 Å². The van der Waals surface area contributed by atoms with E-state index in [0.29, 0.717) is 41.9 Å². The molecule has 1 aromatic carbocycles. The molecule has 0 bridgehead atoms. The normalized spacial score (nSPS) is 15.3. The number of ether oxygens (including phenoxy) is 1. The van der Waals surface area contributed by atoms with Gasteiger partial charge in [0.2, 0.25) is 5.91 Å². The Hall–Kier alpha value is -3.04. The van der Waals surface area contributed by atoms with Gasteiger partial charge in [0.05, 0.1) is 23.9 Å². The van der Waals surface area contributed by atoms with Crippen LogP contribution in [0.2, 0.25) is 0 Å². The van der Waals surface area contributed by atoms with Crippen molar-refractivity contribution in [2.24, 2.45) is 0 Å². The first-order valence-corrected chi connectivity index (χ1v) is 11.2. The molecule has 2 N–H and O–H groups in total. The molecule has 2 aromatic heterocycles. The fourth-order valence-electron chi connectivity index (χ4n) is 3.86. The summed E-state index contributed by atoms with van der Waals surface area (Å²) < 4.78 is 24.0. The van der Waals surface area contributed by atoms with E-state index in [1.54, 1.807) is 30.5 Å². The second kappa shape index (κ2) is 9.62. The molecule has 1 aliphatic heterocycles. The highest BCUT2D eigenvalue weighted by molar-refractivity contribution is 7.14. The van der Waals surface area contributed by atoms with Gasteiger partial charge in [-0.15, -0.1) is 11.3 Å². The first-order chi connectivity index (χ1) is 15.4. The van der Waals surface area contributed by atoms with E-state index in [4.69, 9.17) is 9.15 Å². The number of rotatable bonds is 7. The van der Waals surface area contributed by atoms with Gasteiger partial charge in [-0.2, -0.15) is 0 Å². The predicted molar refractivity (Wildman–Crippen MR) is 118 cm³/mol. The summed E-state index contributed by atoms with van der Waals surface area (Å²) in [6.45, 7) is 3.34. The molecule has 0 radical (unpaired) electrons. The van der Waals surface area contributed by atoms with Gasteiger partial charge in [-0.25, -0.2) is 9.37 Å².